The zero-order valence-electron chi connectivity index (χ0n) is 13.0. The van der Waals surface area contributed by atoms with Gasteiger partial charge in [0.15, 0.2) is 0 Å². The second kappa shape index (κ2) is 7.67. The minimum atomic E-state index is -0.297. The van der Waals surface area contributed by atoms with Gasteiger partial charge in [-0.15, -0.1) is 0 Å². The summed E-state index contributed by atoms with van der Waals surface area (Å²) in [6.45, 7) is 2.70. The van der Waals surface area contributed by atoms with E-state index in [2.05, 4.69) is 29.2 Å². The van der Waals surface area contributed by atoms with Crippen LogP contribution in [0.15, 0.2) is 48.5 Å². The standard InChI is InChI=1S/C19H21Cl2NO/c20-17-7-4-8-18(21)16(17)11-15-13-22(10-9-19(15)23)12-14-5-2-1-3-6-14/h1-8,15,19,23H,9-13H2. The van der Waals surface area contributed by atoms with Crippen molar-refractivity contribution in [2.24, 2.45) is 5.92 Å². The van der Waals surface area contributed by atoms with Crippen molar-refractivity contribution in [2.45, 2.75) is 25.5 Å². The number of benzene rings is 2. The Morgan fingerprint density at radius 2 is 1.70 bits per heavy atom. The quantitative estimate of drug-likeness (QED) is 0.882. The van der Waals surface area contributed by atoms with Crippen LogP contribution in [0.5, 0.6) is 0 Å². The highest BCUT2D eigenvalue weighted by Gasteiger charge is 2.28. The number of hydrogen-bond donors (Lipinski definition) is 1. The van der Waals surface area contributed by atoms with E-state index in [9.17, 15) is 5.11 Å². The van der Waals surface area contributed by atoms with Gasteiger partial charge in [0.05, 0.1) is 6.10 Å². The number of piperidine rings is 1. The maximum Gasteiger partial charge on any atom is 0.0596 e. The number of nitrogens with zero attached hydrogens (tertiary/aromatic N) is 1. The predicted molar refractivity (Wildman–Crippen MR) is 96.0 cm³/mol. The van der Waals surface area contributed by atoms with Crippen LogP contribution < -0.4 is 0 Å². The first-order chi connectivity index (χ1) is 11.1. The molecule has 1 fully saturated rings. The van der Waals surface area contributed by atoms with Crippen LogP contribution in [0.2, 0.25) is 10.0 Å². The molecule has 2 nitrogen and oxygen atoms in total. The van der Waals surface area contributed by atoms with Crippen molar-refractivity contribution in [1.29, 1.82) is 0 Å². The van der Waals surface area contributed by atoms with E-state index in [1.54, 1.807) is 0 Å². The molecular formula is C19H21Cl2NO. The fraction of sp³-hybridized carbons (Fsp3) is 0.368. The van der Waals surface area contributed by atoms with Crippen LogP contribution in [0.3, 0.4) is 0 Å². The van der Waals surface area contributed by atoms with E-state index in [4.69, 9.17) is 23.2 Å². The highest BCUT2D eigenvalue weighted by Crippen LogP contribution is 2.30. The summed E-state index contributed by atoms with van der Waals surface area (Å²) in [5, 5.41) is 11.8. The van der Waals surface area contributed by atoms with Crippen LogP contribution in [0.25, 0.3) is 0 Å². The fourth-order valence-corrected chi connectivity index (χ4v) is 3.82. The molecule has 3 rings (SSSR count). The predicted octanol–water partition coefficient (Wildman–Crippen LogP) is 4.42. The number of likely N-dealkylation sites (tertiary alicyclic amines) is 1. The largest absolute Gasteiger partial charge is 0.393 e. The van der Waals surface area contributed by atoms with E-state index in [0.717, 1.165) is 31.6 Å². The Labute approximate surface area is 147 Å². The summed E-state index contributed by atoms with van der Waals surface area (Å²) in [7, 11) is 0. The molecule has 2 unspecified atom stereocenters. The summed E-state index contributed by atoms with van der Waals surface area (Å²) < 4.78 is 0. The summed E-state index contributed by atoms with van der Waals surface area (Å²) in [4.78, 5) is 2.40. The molecule has 0 spiro atoms. The van der Waals surface area contributed by atoms with Crippen LogP contribution in [-0.2, 0) is 13.0 Å². The van der Waals surface area contributed by atoms with Gasteiger partial charge >= 0.3 is 0 Å². The topological polar surface area (TPSA) is 23.5 Å². The van der Waals surface area contributed by atoms with Gasteiger partial charge in [0.2, 0.25) is 0 Å². The highest BCUT2D eigenvalue weighted by atomic mass is 35.5. The molecule has 0 radical (unpaired) electrons. The Hall–Kier alpha value is -1.06. The third-order valence-corrected chi connectivity index (χ3v) is 5.26. The Morgan fingerprint density at radius 1 is 1.00 bits per heavy atom. The molecular weight excluding hydrogens is 329 g/mol. The maximum atomic E-state index is 10.4. The van der Waals surface area contributed by atoms with E-state index in [1.807, 2.05) is 24.3 Å². The summed E-state index contributed by atoms with van der Waals surface area (Å²) in [6, 6.07) is 16.0. The second-order valence-electron chi connectivity index (χ2n) is 6.24. The number of rotatable bonds is 4. The Bertz CT molecular complexity index is 627. The monoisotopic (exact) mass is 349 g/mol. The fourth-order valence-electron chi connectivity index (χ4n) is 3.27. The normalized spacial score (nSPS) is 22.2. The minimum absolute atomic E-state index is 0.157. The molecule has 1 N–H and O–H groups in total. The third kappa shape index (κ3) is 4.27. The number of aliphatic hydroxyl groups excluding tert-OH is 1. The molecule has 0 aromatic heterocycles. The van der Waals surface area contributed by atoms with E-state index >= 15 is 0 Å². The molecule has 0 saturated carbocycles. The summed E-state index contributed by atoms with van der Waals surface area (Å²) in [5.74, 6) is 0.157. The smallest absolute Gasteiger partial charge is 0.0596 e. The molecule has 2 aromatic carbocycles. The first-order valence-corrected chi connectivity index (χ1v) is 8.76. The molecule has 0 amide bonds. The first-order valence-electron chi connectivity index (χ1n) is 8.00. The van der Waals surface area contributed by atoms with Gasteiger partial charge in [-0.3, -0.25) is 4.90 Å². The number of aliphatic hydroxyl groups is 1. The van der Waals surface area contributed by atoms with E-state index < -0.39 is 0 Å². The van der Waals surface area contributed by atoms with Crippen molar-refractivity contribution in [2.75, 3.05) is 13.1 Å². The molecule has 122 valence electrons. The van der Waals surface area contributed by atoms with Gasteiger partial charge < -0.3 is 5.11 Å². The Balaban J connectivity index is 1.69. The average Bonchev–Trinajstić information content (AvgIpc) is 2.55. The van der Waals surface area contributed by atoms with E-state index in [-0.39, 0.29) is 12.0 Å². The average molecular weight is 350 g/mol. The Kier molecular flexibility index (Phi) is 5.60. The van der Waals surface area contributed by atoms with Crippen LogP contribution in [-0.4, -0.2) is 29.2 Å². The molecule has 1 aliphatic heterocycles. The van der Waals surface area contributed by atoms with Crippen LogP contribution in [0.4, 0.5) is 0 Å². The maximum absolute atomic E-state index is 10.4. The summed E-state index contributed by atoms with van der Waals surface area (Å²) in [6.07, 6.45) is 1.21. The van der Waals surface area contributed by atoms with E-state index in [1.165, 1.54) is 5.56 Å². The van der Waals surface area contributed by atoms with Crippen molar-refractivity contribution >= 4 is 23.2 Å². The van der Waals surface area contributed by atoms with Crippen molar-refractivity contribution in [3.8, 4) is 0 Å². The van der Waals surface area contributed by atoms with E-state index in [0.29, 0.717) is 16.5 Å². The van der Waals surface area contributed by atoms with Gasteiger partial charge in [0.25, 0.3) is 0 Å². The van der Waals surface area contributed by atoms with Crippen LogP contribution in [0, 0.1) is 5.92 Å². The molecule has 1 aliphatic rings. The molecule has 4 heteroatoms. The van der Waals surface area contributed by atoms with Gasteiger partial charge in [0.1, 0.15) is 0 Å². The molecule has 2 aromatic rings. The van der Waals surface area contributed by atoms with Crippen LogP contribution in [0.1, 0.15) is 17.5 Å². The van der Waals surface area contributed by atoms with Crippen molar-refractivity contribution in [3.05, 3.63) is 69.7 Å². The summed E-state index contributed by atoms with van der Waals surface area (Å²) >= 11 is 12.6. The van der Waals surface area contributed by atoms with Gasteiger partial charge in [-0.1, -0.05) is 59.6 Å². The molecule has 1 saturated heterocycles. The van der Waals surface area contributed by atoms with Crippen LogP contribution >= 0.6 is 23.2 Å². The third-order valence-electron chi connectivity index (χ3n) is 4.55. The van der Waals surface area contributed by atoms with Crippen molar-refractivity contribution in [1.82, 2.24) is 4.90 Å². The van der Waals surface area contributed by atoms with Crippen molar-refractivity contribution in [3.63, 3.8) is 0 Å². The molecule has 2 atom stereocenters. The van der Waals surface area contributed by atoms with Gasteiger partial charge in [0, 0.05) is 35.6 Å². The lowest BCUT2D eigenvalue weighted by atomic mass is 9.88. The lowest BCUT2D eigenvalue weighted by Crippen LogP contribution is -2.43. The first kappa shape index (κ1) is 16.8. The Morgan fingerprint density at radius 3 is 2.39 bits per heavy atom. The zero-order chi connectivity index (χ0) is 16.2. The lowest BCUT2D eigenvalue weighted by Gasteiger charge is -2.36. The molecule has 23 heavy (non-hydrogen) atoms. The second-order valence-corrected chi connectivity index (χ2v) is 7.06. The zero-order valence-corrected chi connectivity index (χ0v) is 14.5. The number of halogens is 2. The van der Waals surface area contributed by atoms with Gasteiger partial charge in [-0.05, 0) is 36.1 Å². The van der Waals surface area contributed by atoms with Gasteiger partial charge in [-0.25, -0.2) is 0 Å². The van der Waals surface area contributed by atoms with Crippen molar-refractivity contribution < 1.29 is 5.11 Å². The lowest BCUT2D eigenvalue weighted by molar-refractivity contribution is 0.0239. The molecule has 1 heterocycles. The number of hydrogen-bond acceptors (Lipinski definition) is 2. The highest BCUT2D eigenvalue weighted by molar-refractivity contribution is 6.35. The minimum Gasteiger partial charge on any atom is -0.393 e. The van der Waals surface area contributed by atoms with Gasteiger partial charge in [-0.2, -0.15) is 0 Å². The molecule has 0 aliphatic carbocycles. The SMILES string of the molecule is OC1CCN(Cc2ccccc2)CC1Cc1c(Cl)cccc1Cl. The summed E-state index contributed by atoms with van der Waals surface area (Å²) in [5.41, 5.74) is 2.25. The molecule has 0 bridgehead atoms.